The Morgan fingerprint density at radius 3 is 2.29 bits per heavy atom. The molecule has 2 aromatic carbocycles. The van der Waals surface area contributed by atoms with E-state index in [9.17, 15) is 14.9 Å². The fourth-order valence-corrected chi connectivity index (χ4v) is 3.00. The van der Waals surface area contributed by atoms with Gasteiger partial charge in [-0.15, -0.1) is 0 Å². The number of nitrogens with one attached hydrogen (secondary N) is 1. The molecule has 1 saturated heterocycles. The molecule has 1 aliphatic heterocycles. The predicted molar refractivity (Wildman–Crippen MR) is 115 cm³/mol. The molecular weight excluding hydrogens is 396 g/mol. The van der Waals surface area contributed by atoms with E-state index in [4.69, 9.17) is 9.47 Å². The average molecular weight is 420 g/mol. The summed E-state index contributed by atoms with van der Waals surface area (Å²) in [5.74, 6) is 0.865. The van der Waals surface area contributed by atoms with Gasteiger partial charge in [-0.1, -0.05) is 18.2 Å². The number of benzene rings is 2. The van der Waals surface area contributed by atoms with Crippen molar-refractivity contribution in [1.29, 1.82) is 5.26 Å². The van der Waals surface area contributed by atoms with Crippen LogP contribution in [-0.2, 0) is 9.53 Å². The van der Waals surface area contributed by atoms with Gasteiger partial charge in [-0.2, -0.15) is 5.26 Å². The number of hydrogen-bond donors (Lipinski definition) is 1. The van der Waals surface area contributed by atoms with Crippen molar-refractivity contribution in [2.24, 2.45) is 0 Å². The first-order valence-corrected chi connectivity index (χ1v) is 10.0. The Labute approximate surface area is 181 Å². The van der Waals surface area contributed by atoms with Crippen LogP contribution >= 0.6 is 0 Å². The number of carbonyl (C=O) groups is 2. The Bertz CT molecular complexity index is 959. The van der Waals surface area contributed by atoms with Gasteiger partial charge in [-0.05, 0) is 43.3 Å². The summed E-state index contributed by atoms with van der Waals surface area (Å²) in [7, 11) is 0. The molecule has 0 atom stereocenters. The molecule has 0 radical (unpaired) electrons. The second-order valence-electron chi connectivity index (χ2n) is 6.77. The minimum absolute atomic E-state index is 0.00537. The summed E-state index contributed by atoms with van der Waals surface area (Å²) in [5, 5.41) is 12.1. The molecule has 2 amide bonds. The number of nitrogens with zero attached hydrogens (tertiary/aromatic N) is 3. The van der Waals surface area contributed by atoms with Crippen molar-refractivity contribution in [3.05, 3.63) is 66.4 Å². The second-order valence-corrected chi connectivity index (χ2v) is 6.77. The molecule has 0 bridgehead atoms. The van der Waals surface area contributed by atoms with E-state index in [0.29, 0.717) is 44.2 Å². The molecule has 1 fully saturated rings. The Morgan fingerprint density at radius 1 is 1.03 bits per heavy atom. The summed E-state index contributed by atoms with van der Waals surface area (Å²) < 4.78 is 10.7. The third-order valence-corrected chi connectivity index (χ3v) is 4.61. The molecule has 0 saturated carbocycles. The quantitative estimate of drug-likeness (QED) is 0.567. The van der Waals surface area contributed by atoms with Gasteiger partial charge in [0.2, 0.25) is 0 Å². The van der Waals surface area contributed by atoms with Crippen molar-refractivity contribution in [3.63, 3.8) is 0 Å². The van der Waals surface area contributed by atoms with Gasteiger partial charge in [0.25, 0.3) is 5.91 Å². The fourth-order valence-electron chi connectivity index (χ4n) is 3.00. The Kier molecular flexibility index (Phi) is 7.49. The van der Waals surface area contributed by atoms with E-state index in [1.165, 1.54) is 6.20 Å². The predicted octanol–water partition coefficient (Wildman–Crippen LogP) is 3.60. The van der Waals surface area contributed by atoms with Crippen molar-refractivity contribution in [2.45, 2.75) is 6.92 Å². The highest BCUT2D eigenvalue weighted by Crippen LogP contribution is 2.22. The van der Waals surface area contributed by atoms with Crippen LogP contribution in [0, 0.1) is 11.3 Å². The van der Waals surface area contributed by atoms with Crippen LogP contribution < -0.4 is 10.1 Å². The molecule has 1 aliphatic rings. The van der Waals surface area contributed by atoms with Crippen LogP contribution in [0.3, 0.4) is 0 Å². The summed E-state index contributed by atoms with van der Waals surface area (Å²) in [6, 6.07) is 18.2. The van der Waals surface area contributed by atoms with Gasteiger partial charge >= 0.3 is 6.09 Å². The molecule has 8 heteroatoms. The number of ether oxygens (including phenoxy) is 2. The Balaban J connectivity index is 1.55. The summed E-state index contributed by atoms with van der Waals surface area (Å²) in [6.07, 6.45) is 1.19. The lowest BCUT2D eigenvalue weighted by Gasteiger charge is -2.33. The number of nitriles is 1. The summed E-state index contributed by atoms with van der Waals surface area (Å²) >= 11 is 0. The van der Waals surface area contributed by atoms with Gasteiger partial charge in [0.1, 0.15) is 23.1 Å². The molecule has 0 aliphatic carbocycles. The minimum Gasteiger partial charge on any atom is -0.457 e. The maximum absolute atomic E-state index is 12.5. The van der Waals surface area contributed by atoms with Crippen molar-refractivity contribution >= 4 is 17.7 Å². The zero-order valence-electron chi connectivity index (χ0n) is 17.3. The minimum atomic E-state index is -0.493. The van der Waals surface area contributed by atoms with E-state index >= 15 is 0 Å². The van der Waals surface area contributed by atoms with E-state index in [2.05, 4.69) is 5.32 Å². The van der Waals surface area contributed by atoms with Crippen LogP contribution in [0.1, 0.15) is 6.92 Å². The maximum Gasteiger partial charge on any atom is 0.409 e. The van der Waals surface area contributed by atoms with E-state index in [0.717, 1.165) is 5.75 Å². The number of piperazine rings is 1. The average Bonchev–Trinajstić information content (AvgIpc) is 2.80. The third-order valence-electron chi connectivity index (χ3n) is 4.61. The monoisotopic (exact) mass is 420 g/mol. The first kappa shape index (κ1) is 21.7. The van der Waals surface area contributed by atoms with Gasteiger partial charge in [0.05, 0.1) is 6.61 Å². The number of hydrogen-bond acceptors (Lipinski definition) is 6. The van der Waals surface area contributed by atoms with Crippen LogP contribution in [0.15, 0.2) is 66.4 Å². The normalized spacial score (nSPS) is 13.9. The lowest BCUT2D eigenvalue weighted by atomic mass is 10.2. The Morgan fingerprint density at radius 2 is 1.68 bits per heavy atom. The van der Waals surface area contributed by atoms with Crippen LogP contribution in [-0.4, -0.2) is 54.6 Å². The molecule has 0 aromatic heterocycles. The van der Waals surface area contributed by atoms with Gasteiger partial charge in [-0.25, -0.2) is 4.79 Å². The molecule has 1 N–H and O–H groups in total. The molecular formula is C23H24N4O4. The number of rotatable bonds is 6. The third kappa shape index (κ3) is 6.24. The van der Waals surface area contributed by atoms with E-state index < -0.39 is 5.91 Å². The Hall–Kier alpha value is -3.99. The van der Waals surface area contributed by atoms with Crippen molar-refractivity contribution < 1.29 is 19.1 Å². The highest BCUT2D eigenvalue weighted by molar-refractivity contribution is 6.06. The molecule has 1 heterocycles. The SMILES string of the molecule is CCOC(=O)N1CCN(/C=C(/C#N)C(=O)Nc2ccc(Oc3ccccc3)cc2)CC1. The standard InChI is InChI=1S/C23H24N4O4/c1-2-30-23(29)27-14-12-26(13-15-27)17-18(16-24)22(28)25-19-8-10-21(11-9-19)31-20-6-4-3-5-7-20/h3-11,17H,2,12-15H2,1H3,(H,25,28)/b18-17-. The van der Waals surface area contributed by atoms with Gasteiger partial charge in [0.15, 0.2) is 0 Å². The molecule has 0 spiro atoms. The lowest BCUT2D eigenvalue weighted by molar-refractivity contribution is -0.112. The first-order valence-electron chi connectivity index (χ1n) is 10.0. The van der Waals surface area contributed by atoms with Crippen molar-refractivity contribution in [2.75, 3.05) is 38.1 Å². The number of carbonyl (C=O) groups excluding carboxylic acids is 2. The molecule has 31 heavy (non-hydrogen) atoms. The van der Waals surface area contributed by atoms with Crippen molar-refractivity contribution in [1.82, 2.24) is 9.80 Å². The van der Waals surface area contributed by atoms with Crippen LogP contribution in [0.25, 0.3) is 0 Å². The summed E-state index contributed by atoms with van der Waals surface area (Å²) in [6.45, 7) is 4.07. The topological polar surface area (TPSA) is 94.9 Å². The zero-order chi connectivity index (χ0) is 22.1. The number of amides is 2. The second kappa shape index (κ2) is 10.7. The van der Waals surface area contributed by atoms with Gasteiger partial charge in [-0.3, -0.25) is 4.79 Å². The lowest BCUT2D eigenvalue weighted by Crippen LogP contribution is -2.47. The highest BCUT2D eigenvalue weighted by atomic mass is 16.6. The first-order chi connectivity index (χ1) is 15.1. The molecule has 0 unspecified atom stereocenters. The highest BCUT2D eigenvalue weighted by Gasteiger charge is 2.21. The zero-order valence-corrected chi connectivity index (χ0v) is 17.3. The maximum atomic E-state index is 12.5. The molecule has 2 aromatic rings. The molecule has 3 rings (SSSR count). The van der Waals surface area contributed by atoms with Crippen LogP contribution in [0.4, 0.5) is 10.5 Å². The van der Waals surface area contributed by atoms with Crippen LogP contribution in [0.5, 0.6) is 11.5 Å². The van der Waals surface area contributed by atoms with Crippen LogP contribution in [0.2, 0.25) is 0 Å². The van der Waals surface area contributed by atoms with E-state index in [-0.39, 0.29) is 11.7 Å². The molecule has 8 nitrogen and oxygen atoms in total. The van der Waals surface area contributed by atoms with E-state index in [1.54, 1.807) is 36.1 Å². The fraction of sp³-hybridized carbons (Fsp3) is 0.261. The van der Waals surface area contributed by atoms with Gasteiger partial charge < -0.3 is 24.6 Å². The van der Waals surface area contributed by atoms with Crippen molar-refractivity contribution in [3.8, 4) is 17.6 Å². The van der Waals surface area contributed by atoms with E-state index in [1.807, 2.05) is 41.3 Å². The summed E-state index contributed by atoms with van der Waals surface area (Å²) in [5.41, 5.74) is 0.549. The largest absolute Gasteiger partial charge is 0.457 e. The number of anilines is 1. The molecule has 160 valence electrons. The number of para-hydroxylation sites is 1. The summed E-state index contributed by atoms with van der Waals surface area (Å²) in [4.78, 5) is 27.7. The van der Waals surface area contributed by atoms with Gasteiger partial charge in [0, 0.05) is 38.1 Å². The smallest absolute Gasteiger partial charge is 0.409 e.